The number of rotatable bonds is 7. The van der Waals surface area contributed by atoms with Crippen LogP contribution in [0.5, 0.6) is 5.75 Å². The molecular formula is C27H22BrFN2O4S. The lowest BCUT2D eigenvalue weighted by atomic mass is 10.1. The van der Waals surface area contributed by atoms with Gasteiger partial charge in [-0.1, -0.05) is 46.3 Å². The summed E-state index contributed by atoms with van der Waals surface area (Å²) in [5.41, 5.74) is 3.49. The van der Waals surface area contributed by atoms with E-state index in [-0.39, 0.29) is 17.3 Å². The monoisotopic (exact) mass is 568 g/mol. The molecule has 36 heavy (non-hydrogen) atoms. The Morgan fingerprint density at radius 1 is 1.11 bits per heavy atom. The van der Waals surface area contributed by atoms with Gasteiger partial charge >= 0.3 is 0 Å². The minimum absolute atomic E-state index is 0.00479. The summed E-state index contributed by atoms with van der Waals surface area (Å²) in [6.45, 7) is 3.42. The standard InChI is InChI=1S/C27H22BrFN2O4S/c1-16-6-5-9-22(17(16)2)30-25(32)14-31-26(33)24(36-27(31)34)13-19-12-20(28)10-11-23(19)35-15-18-7-3-4-8-21(18)29/h3-13H,14-15H2,1-2H3,(H,30,32)/b24-13-. The number of benzene rings is 3. The molecule has 0 spiro atoms. The quantitative estimate of drug-likeness (QED) is 0.331. The topological polar surface area (TPSA) is 75.7 Å². The summed E-state index contributed by atoms with van der Waals surface area (Å²) in [5.74, 6) is -0.998. The van der Waals surface area contributed by atoms with Crippen LogP contribution in [-0.4, -0.2) is 28.5 Å². The van der Waals surface area contributed by atoms with Gasteiger partial charge in [-0.15, -0.1) is 0 Å². The fourth-order valence-electron chi connectivity index (χ4n) is 3.53. The van der Waals surface area contributed by atoms with Gasteiger partial charge in [-0.05, 0) is 73.1 Å². The third-order valence-corrected chi connectivity index (χ3v) is 7.05. The fourth-order valence-corrected chi connectivity index (χ4v) is 4.74. The molecule has 0 aromatic heterocycles. The van der Waals surface area contributed by atoms with Crippen LogP contribution in [0.2, 0.25) is 0 Å². The van der Waals surface area contributed by atoms with E-state index in [1.54, 1.807) is 42.5 Å². The number of nitrogens with one attached hydrogen (secondary N) is 1. The van der Waals surface area contributed by atoms with Crippen LogP contribution in [0, 0.1) is 19.7 Å². The number of halogens is 2. The molecule has 1 fully saturated rings. The number of nitrogens with zero attached hydrogens (tertiary/aromatic N) is 1. The SMILES string of the molecule is Cc1cccc(NC(=O)CN2C(=O)S/C(=C\c3cc(Br)ccc3OCc3ccccc3F)C2=O)c1C. The summed E-state index contributed by atoms with van der Waals surface area (Å²) >= 11 is 4.15. The lowest BCUT2D eigenvalue weighted by Gasteiger charge is -2.14. The Kier molecular flexibility index (Phi) is 7.91. The first-order valence-corrected chi connectivity index (χ1v) is 12.6. The lowest BCUT2D eigenvalue weighted by Crippen LogP contribution is -2.36. The zero-order valence-corrected chi connectivity index (χ0v) is 21.9. The van der Waals surface area contributed by atoms with E-state index < -0.39 is 23.6 Å². The number of hydrogen-bond donors (Lipinski definition) is 1. The first-order valence-electron chi connectivity index (χ1n) is 11.0. The molecule has 4 rings (SSSR count). The Balaban J connectivity index is 1.50. The van der Waals surface area contributed by atoms with Gasteiger partial charge in [0.15, 0.2) is 0 Å². The molecule has 1 N–H and O–H groups in total. The highest BCUT2D eigenvalue weighted by Crippen LogP contribution is 2.35. The third-order valence-electron chi connectivity index (χ3n) is 5.65. The molecule has 1 aliphatic heterocycles. The highest BCUT2D eigenvalue weighted by atomic mass is 79.9. The van der Waals surface area contributed by atoms with Gasteiger partial charge in [0.1, 0.15) is 24.7 Å². The zero-order valence-electron chi connectivity index (χ0n) is 19.5. The Bertz CT molecular complexity index is 1390. The number of aryl methyl sites for hydroxylation is 1. The van der Waals surface area contributed by atoms with Crippen molar-refractivity contribution in [1.29, 1.82) is 0 Å². The highest BCUT2D eigenvalue weighted by molar-refractivity contribution is 9.10. The third kappa shape index (κ3) is 5.85. The minimum Gasteiger partial charge on any atom is -0.488 e. The second-order valence-electron chi connectivity index (χ2n) is 8.13. The Morgan fingerprint density at radius 2 is 1.89 bits per heavy atom. The summed E-state index contributed by atoms with van der Waals surface area (Å²) in [7, 11) is 0. The summed E-state index contributed by atoms with van der Waals surface area (Å²) < 4.78 is 20.5. The van der Waals surface area contributed by atoms with E-state index in [1.165, 1.54) is 12.1 Å². The molecule has 0 aliphatic carbocycles. The summed E-state index contributed by atoms with van der Waals surface area (Å²) in [4.78, 5) is 39.2. The molecule has 184 valence electrons. The van der Waals surface area contributed by atoms with E-state index in [0.717, 1.165) is 32.3 Å². The Morgan fingerprint density at radius 3 is 2.67 bits per heavy atom. The van der Waals surface area contributed by atoms with Crippen molar-refractivity contribution in [2.75, 3.05) is 11.9 Å². The number of anilines is 1. The van der Waals surface area contributed by atoms with Gasteiger partial charge in [-0.2, -0.15) is 0 Å². The summed E-state index contributed by atoms with van der Waals surface area (Å²) in [6.07, 6.45) is 1.54. The molecule has 0 unspecified atom stereocenters. The van der Waals surface area contributed by atoms with Crippen molar-refractivity contribution < 1.29 is 23.5 Å². The van der Waals surface area contributed by atoms with Gasteiger partial charge in [0.2, 0.25) is 5.91 Å². The van der Waals surface area contributed by atoms with Crippen LogP contribution in [0.1, 0.15) is 22.3 Å². The number of thioether (sulfide) groups is 1. The molecule has 9 heteroatoms. The molecule has 0 saturated carbocycles. The van der Waals surface area contributed by atoms with E-state index >= 15 is 0 Å². The van der Waals surface area contributed by atoms with Crippen molar-refractivity contribution >= 4 is 56.5 Å². The molecule has 0 bridgehead atoms. The number of carbonyl (C=O) groups excluding carboxylic acids is 3. The van der Waals surface area contributed by atoms with Crippen LogP contribution in [0.25, 0.3) is 6.08 Å². The van der Waals surface area contributed by atoms with Crippen molar-refractivity contribution in [2.45, 2.75) is 20.5 Å². The average molecular weight is 569 g/mol. The number of ether oxygens (including phenoxy) is 1. The zero-order chi connectivity index (χ0) is 25.8. The molecule has 1 heterocycles. The number of carbonyl (C=O) groups is 3. The first kappa shape index (κ1) is 25.7. The maximum absolute atomic E-state index is 14.0. The van der Waals surface area contributed by atoms with Gasteiger partial charge in [-0.25, -0.2) is 4.39 Å². The number of amides is 3. The van der Waals surface area contributed by atoms with Crippen LogP contribution in [0.15, 0.2) is 70.0 Å². The van der Waals surface area contributed by atoms with Gasteiger partial charge in [0.05, 0.1) is 4.91 Å². The molecule has 6 nitrogen and oxygen atoms in total. The normalized spacial score (nSPS) is 14.4. The largest absolute Gasteiger partial charge is 0.488 e. The Labute approximate surface area is 220 Å². The van der Waals surface area contributed by atoms with E-state index in [0.29, 0.717) is 22.6 Å². The first-order chi connectivity index (χ1) is 17.2. The maximum Gasteiger partial charge on any atom is 0.294 e. The van der Waals surface area contributed by atoms with Crippen molar-refractivity contribution in [3.8, 4) is 5.75 Å². The molecule has 1 aliphatic rings. The van der Waals surface area contributed by atoms with Gasteiger partial charge in [-0.3, -0.25) is 19.3 Å². The molecule has 0 radical (unpaired) electrons. The van der Waals surface area contributed by atoms with E-state index in [2.05, 4.69) is 21.2 Å². The second kappa shape index (κ2) is 11.1. The summed E-state index contributed by atoms with van der Waals surface area (Å²) in [5, 5.41) is 2.23. The molecule has 0 atom stereocenters. The summed E-state index contributed by atoms with van der Waals surface area (Å²) in [6, 6.07) is 17.0. The maximum atomic E-state index is 14.0. The van der Waals surface area contributed by atoms with Crippen molar-refractivity contribution in [1.82, 2.24) is 4.90 Å². The molecular weight excluding hydrogens is 547 g/mol. The van der Waals surface area contributed by atoms with Crippen molar-refractivity contribution in [3.63, 3.8) is 0 Å². The van der Waals surface area contributed by atoms with Gasteiger partial charge in [0.25, 0.3) is 11.1 Å². The van der Waals surface area contributed by atoms with Gasteiger partial charge in [0, 0.05) is 21.3 Å². The predicted molar refractivity (Wildman–Crippen MR) is 142 cm³/mol. The predicted octanol–water partition coefficient (Wildman–Crippen LogP) is 6.46. The van der Waals surface area contributed by atoms with Crippen LogP contribution < -0.4 is 10.1 Å². The number of imide groups is 1. The molecule has 3 amide bonds. The van der Waals surface area contributed by atoms with E-state index in [1.807, 2.05) is 26.0 Å². The van der Waals surface area contributed by atoms with E-state index in [4.69, 9.17) is 4.74 Å². The molecule has 3 aromatic carbocycles. The van der Waals surface area contributed by atoms with Crippen molar-refractivity contribution in [2.24, 2.45) is 0 Å². The van der Waals surface area contributed by atoms with Crippen LogP contribution in [0.3, 0.4) is 0 Å². The lowest BCUT2D eigenvalue weighted by molar-refractivity contribution is -0.127. The van der Waals surface area contributed by atoms with Crippen LogP contribution in [-0.2, 0) is 16.2 Å². The minimum atomic E-state index is -0.568. The number of hydrogen-bond acceptors (Lipinski definition) is 5. The van der Waals surface area contributed by atoms with Crippen molar-refractivity contribution in [3.05, 3.63) is 98.1 Å². The molecule has 3 aromatic rings. The van der Waals surface area contributed by atoms with E-state index in [9.17, 15) is 18.8 Å². The average Bonchev–Trinajstić information content (AvgIpc) is 3.09. The second-order valence-corrected chi connectivity index (χ2v) is 10.0. The van der Waals surface area contributed by atoms with Crippen LogP contribution in [0.4, 0.5) is 14.9 Å². The fraction of sp³-hybridized carbons (Fsp3) is 0.148. The highest BCUT2D eigenvalue weighted by Gasteiger charge is 2.36. The smallest absolute Gasteiger partial charge is 0.294 e. The Hall–Kier alpha value is -3.43. The van der Waals surface area contributed by atoms with Gasteiger partial charge < -0.3 is 10.1 Å². The molecule has 1 saturated heterocycles. The van der Waals surface area contributed by atoms with Crippen LogP contribution >= 0.6 is 27.7 Å².